The SMILES string of the molecule is CCCCC/C=C\C/C=C\CCCCCCCC(=O)OCC(COC(=O)CCC1(CC)CC2CCCC(C2)C1)COC(=O)OCC1CCCN(CC)C1. The average Bonchev–Trinajstić information content (AvgIpc) is 3.17. The maximum absolute atomic E-state index is 13.0. The molecule has 0 radical (unpaired) electrons. The second-order valence-corrected chi connectivity index (χ2v) is 16.6. The molecule has 0 aromatic heterocycles. The number of likely N-dealkylation sites (tertiary alicyclic amines) is 1. The minimum atomic E-state index is -0.723. The number of esters is 2. The zero-order valence-corrected chi connectivity index (χ0v) is 34.1. The molecule has 0 N–H and O–H groups in total. The van der Waals surface area contributed by atoms with E-state index in [1.807, 2.05) is 0 Å². The predicted molar refractivity (Wildman–Crippen MR) is 214 cm³/mol. The number of hydrogen-bond acceptors (Lipinski definition) is 8. The number of allylic oxidation sites excluding steroid dienone is 4. The Morgan fingerprint density at radius 2 is 1.36 bits per heavy atom. The van der Waals surface area contributed by atoms with Gasteiger partial charge in [0.1, 0.15) is 19.8 Å². The van der Waals surface area contributed by atoms with Gasteiger partial charge in [0.05, 0.1) is 12.5 Å². The van der Waals surface area contributed by atoms with Gasteiger partial charge in [0.2, 0.25) is 0 Å². The first-order chi connectivity index (χ1) is 25.8. The molecule has 0 spiro atoms. The summed E-state index contributed by atoms with van der Waals surface area (Å²) in [5.74, 6) is 0.985. The molecular weight excluding hydrogens is 666 g/mol. The van der Waals surface area contributed by atoms with Gasteiger partial charge in [-0.05, 0) is 107 Å². The molecule has 1 saturated heterocycles. The van der Waals surface area contributed by atoms with Crippen molar-refractivity contribution in [2.75, 3.05) is 46.1 Å². The molecular formula is C45H77NO7. The summed E-state index contributed by atoms with van der Waals surface area (Å²) < 4.78 is 22.3. The summed E-state index contributed by atoms with van der Waals surface area (Å²) in [7, 11) is 0. The Kier molecular flexibility index (Phi) is 23.2. The summed E-state index contributed by atoms with van der Waals surface area (Å²) in [6.45, 7) is 10.1. The van der Waals surface area contributed by atoms with Crippen LogP contribution in [0.2, 0.25) is 0 Å². The molecule has 2 saturated carbocycles. The van der Waals surface area contributed by atoms with E-state index in [1.54, 1.807) is 0 Å². The fraction of sp³-hybridized carbons (Fsp3) is 0.844. The van der Waals surface area contributed by atoms with Crippen LogP contribution in [0.25, 0.3) is 0 Å². The van der Waals surface area contributed by atoms with Gasteiger partial charge in [-0.2, -0.15) is 0 Å². The van der Waals surface area contributed by atoms with Crippen molar-refractivity contribution in [2.24, 2.45) is 29.1 Å². The van der Waals surface area contributed by atoms with Crippen molar-refractivity contribution >= 4 is 18.1 Å². The number of piperidine rings is 1. The van der Waals surface area contributed by atoms with Gasteiger partial charge in [0, 0.05) is 25.3 Å². The summed E-state index contributed by atoms with van der Waals surface area (Å²) in [6, 6.07) is 0. The highest BCUT2D eigenvalue weighted by atomic mass is 16.7. The van der Waals surface area contributed by atoms with Crippen LogP contribution in [0.3, 0.4) is 0 Å². The molecule has 3 rings (SSSR count). The molecule has 0 aromatic carbocycles. The molecule has 2 aliphatic carbocycles. The molecule has 4 atom stereocenters. The number of carbonyl (C=O) groups excluding carboxylic acids is 3. The van der Waals surface area contributed by atoms with Gasteiger partial charge in [-0.1, -0.05) is 103 Å². The number of rotatable bonds is 27. The van der Waals surface area contributed by atoms with Crippen LogP contribution in [0.15, 0.2) is 24.3 Å². The molecule has 4 unspecified atom stereocenters. The third-order valence-corrected chi connectivity index (χ3v) is 12.2. The van der Waals surface area contributed by atoms with E-state index in [0.29, 0.717) is 25.4 Å². The van der Waals surface area contributed by atoms with Gasteiger partial charge in [-0.25, -0.2) is 4.79 Å². The summed E-state index contributed by atoms with van der Waals surface area (Å²) in [5, 5.41) is 0. The summed E-state index contributed by atoms with van der Waals surface area (Å²) in [5.41, 5.74) is 0.239. The zero-order valence-electron chi connectivity index (χ0n) is 34.1. The van der Waals surface area contributed by atoms with Gasteiger partial charge >= 0.3 is 18.1 Å². The maximum Gasteiger partial charge on any atom is 0.508 e. The molecule has 0 aromatic rings. The first kappa shape index (κ1) is 45.0. The highest BCUT2D eigenvalue weighted by molar-refractivity contribution is 5.70. The molecule has 1 aliphatic heterocycles. The van der Waals surface area contributed by atoms with Crippen LogP contribution < -0.4 is 0 Å². The summed E-state index contributed by atoms with van der Waals surface area (Å²) in [4.78, 5) is 40.5. The van der Waals surface area contributed by atoms with Crippen molar-refractivity contribution in [2.45, 2.75) is 168 Å². The van der Waals surface area contributed by atoms with Crippen molar-refractivity contribution in [3.63, 3.8) is 0 Å². The molecule has 8 heteroatoms. The lowest BCUT2D eigenvalue weighted by molar-refractivity contribution is -0.150. The highest BCUT2D eigenvalue weighted by Gasteiger charge is 2.41. The topological polar surface area (TPSA) is 91.4 Å². The Labute approximate surface area is 323 Å². The smallest absolute Gasteiger partial charge is 0.465 e. The first-order valence-corrected chi connectivity index (χ1v) is 22.0. The fourth-order valence-electron chi connectivity index (χ4n) is 8.90. The van der Waals surface area contributed by atoms with E-state index in [0.717, 1.165) is 95.7 Å². The van der Waals surface area contributed by atoms with Crippen LogP contribution in [0.1, 0.15) is 168 Å². The van der Waals surface area contributed by atoms with Gasteiger partial charge < -0.3 is 23.8 Å². The lowest BCUT2D eigenvalue weighted by Crippen LogP contribution is -2.37. The fourth-order valence-corrected chi connectivity index (χ4v) is 8.90. The first-order valence-electron chi connectivity index (χ1n) is 22.0. The van der Waals surface area contributed by atoms with E-state index in [9.17, 15) is 14.4 Å². The number of nitrogens with zero attached hydrogens (tertiary/aromatic N) is 1. The normalized spacial score (nSPS) is 23.9. The Bertz CT molecular complexity index is 1060. The van der Waals surface area contributed by atoms with Crippen LogP contribution >= 0.6 is 0 Å². The second-order valence-electron chi connectivity index (χ2n) is 16.6. The van der Waals surface area contributed by atoms with E-state index >= 15 is 0 Å². The third kappa shape index (κ3) is 19.7. The van der Waals surface area contributed by atoms with Gasteiger partial charge in [-0.3, -0.25) is 9.59 Å². The standard InChI is InChI=1S/C45H77NO7/c1-4-7-8-9-10-11-12-13-14-15-16-17-18-19-20-26-42(47)50-35-41(37-53-44(49)52-34-40-25-22-29-46(6-3)33-40)36-51-43(48)27-28-45(5-2)31-38-23-21-24-39(30-38)32-45/h10-11,13-14,38-41H,4-9,12,15-37H2,1-3H3/b11-10-,14-13-. The van der Waals surface area contributed by atoms with Crippen LogP contribution in [-0.4, -0.2) is 69.1 Å². The van der Waals surface area contributed by atoms with Crippen molar-refractivity contribution in [3.8, 4) is 0 Å². The monoisotopic (exact) mass is 744 g/mol. The van der Waals surface area contributed by atoms with Crippen LogP contribution in [0.5, 0.6) is 0 Å². The number of unbranched alkanes of at least 4 members (excludes halogenated alkanes) is 8. The van der Waals surface area contributed by atoms with Crippen molar-refractivity contribution in [1.82, 2.24) is 4.90 Å². The summed E-state index contributed by atoms with van der Waals surface area (Å²) >= 11 is 0. The third-order valence-electron chi connectivity index (χ3n) is 12.2. The lowest BCUT2D eigenvalue weighted by atomic mass is 9.58. The van der Waals surface area contributed by atoms with Crippen molar-refractivity contribution in [1.29, 1.82) is 0 Å². The lowest BCUT2D eigenvalue weighted by Gasteiger charge is -2.47. The van der Waals surface area contributed by atoms with Crippen LogP contribution in [0, 0.1) is 29.1 Å². The average molecular weight is 744 g/mol. The molecule has 8 nitrogen and oxygen atoms in total. The minimum absolute atomic E-state index is 0.0307. The molecule has 3 fully saturated rings. The van der Waals surface area contributed by atoms with E-state index in [4.69, 9.17) is 18.9 Å². The maximum atomic E-state index is 13.0. The van der Waals surface area contributed by atoms with Gasteiger partial charge in [0.15, 0.2) is 0 Å². The minimum Gasteiger partial charge on any atom is -0.465 e. The van der Waals surface area contributed by atoms with Crippen LogP contribution in [0.4, 0.5) is 4.79 Å². The zero-order chi connectivity index (χ0) is 38.0. The van der Waals surface area contributed by atoms with Crippen LogP contribution in [-0.2, 0) is 28.5 Å². The van der Waals surface area contributed by atoms with Crippen molar-refractivity contribution < 1.29 is 33.3 Å². The Balaban J connectivity index is 1.34. The Morgan fingerprint density at radius 3 is 2.04 bits per heavy atom. The number of ether oxygens (including phenoxy) is 4. The van der Waals surface area contributed by atoms with E-state index in [1.165, 1.54) is 70.6 Å². The number of hydrogen-bond donors (Lipinski definition) is 0. The molecule has 53 heavy (non-hydrogen) atoms. The molecule has 3 aliphatic rings. The van der Waals surface area contributed by atoms with Gasteiger partial charge in [-0.15, -0.1) is 0 Å². The van der Waals surface area contributed by atoms with E-state index in [-0.39, 0.29) is 37.2 Å². The molecule has 304 valence electrons. The highest BCUT2D eigenvalue weighted by Crippen LogP contribution is 2.52. The molecule has 1 heterocycles. The molecule has 0 amide bonds. The largest absolute Gasteiger partial charge is 0.508 e. The summed E-state index contributed by atoms with van der Waals surface area (Å²) in [6.07, 6.45) is 33.5. The quantitative estimate of drug-likeness (QED) is 0.0355. The second kappa shape index (κ2) is 27.3. The number of fused-ring (bicyclic) bond motifs is 2. The number of carbonyl (C=O) groups is 3. The predicted octanol–water partition coefficient (Wildman–Crippen LogP) is 11.2. The molecule has 2 bridgehead atoms. The Morgan fingerprint density at radius 1 is 0.717 bits per heavy atom. The van der Waals surface area contributed by atoms with Crippen molar-refractivity contribution in [3.05, 3.63) is 24.3 Å². The Hall–Kier alpha value is -2.35. The van der Waals surface area contributed by atoms with E-state index < -0.39 is 12.1 Å². The van der Waals surface area contributed by atoms with Gasteiger partial charge in [0.25, 0.3) is 0 Å². The van der Waals surface area contributed by atoms with E-state index in [2.05, 4.69) is 50.0 Å².